The average molecular weight is 381 g/mol. The lowest BCUT2D eigenvalue weighted by Crippen LogP contribution is -2.04. The summed E-state index contributed by atoms with van der Waals surface area (Å²) in [6.07, 6.45) is 0. The molecule has 0 unspecified atom stereocenters. The van der Waals surface area contributed by atoms with E-state index in [4.69, 9.17) is 0 Å². The molecule has 0 radical (unpaired) electrons. The molecule has 0 aliphatic rings. The Kier molecular flexibility index (Phi) is 5.95. The van der Waals surface area contributed by atoms with Gasteiger partial charge in [0.1, 0.15) is 0 Å². The summed E-state index contributed by atoms with van der Waals surface area (Å²) in [6, 6.07) is 18.4. The van der Waals surface area contributed by atoms with Crippen molar-refractivity contribution < 1.29 is 5.11 Å². The van der Waals surface area contributed by atoms with E-state index in [0.717, 1.165) is 44.5 Å². The topological polar surface area (TPSA) is 20.2 Å². The standard InChI is InChI=1S/C28H28O/c1-18-14-20(3)26(21(4)15-18)28(27-22(5)16-19(2)17-23(27)6)25(29)13-12-24-10-8-7-9-11-24/h7-11,14-17,29H,1-6H3. The Bertz CT molecular complexity index is 1050. The molecule has 0 atom stereocenters. The average Bonchev–Trinajstić information content (AvgIpc) is 2.64. The molecule has 0 aliphatic carbocycles. The van der Waals surface area contributed by atoms with E-state index in [1.807, 2.05) is 30.3 Å². The van der Waals surface area contributed by atoms with Gasteiger partial charge in [0, 0.05) is 11.1 Å². The highest BCUT2D eigenvalue weighted by Crippen LogP contribution is 2.35. The molecule has 29 heavy (non-hydrogen) atoms. The van der Waals surface area contributed by atoms with E-state index in [-0.39, 0.29) is 5.76 Å². The lowest BCUT2D eigenvalue weighted by molar-refractivity contribution is 0.441. The van der Waals surface area contributed by atoms with Crippen molar-refractivity contribution in [1.82, 2.24) is 0 Å². The molecule has 0 heterocycles. The number of hydrogen-bond donors (Lipinski definition) is 1. The second-order valence-electron chi connectivity index (χ2n) is 7.89. The number of rotatable bonds is 2. The van der Waals surface area contributed by atoms with Crippen molar-refractivity contribution in [2.45, 2.75) is 41.5 Å². The highest BCUT2D eigenvalue weighted by atomic mass is 16.3. The van der Waals surface area contributed by atoms with Crippen molar-refractivity contribution in [3.63, 3.8) is 0 Å². The summed E-state index contributed by atoms with van der Waals surface area (Å²) in [4.78, 5) is 0. The van der Waals surface area contributed by atoms with E-state index in [1.165, 1.54) is 11.1 Å². The molecule has 3 aromatic carbocycles. The van der Waals surface area contributed by atoms with Gasteiger partial charge in [-0.15, -0.1) is 0 Å². The first kappa shape index (κ1) is 20.5. The lowest BCUT2D eigenvalue weighted by atomic mass is 9.84. The number of aryl methyl sites for hydroxylation is 6. The molecule has 0 bridgehead atoms. The number of aliphatic hydroxyl groups is 1. The Morgan fingerprint density at radius 1 is 0.655 bits per heavy atom. The van der Waals surface area contributed by atoms with Crippen LogP contribution in [0.3, 0.4) is 0 Å². The van der Waals surface area contributed by atoms with Crippen molar-refractivity contribution in [2.75, 3.05) is 0 Å². The van der Waals surface area contributed by atoms with Crippen molar-refractivity contribution in [1.29, 1.82) is 0 Å². The molecule has 0 fully saturated rings. The van der Waals surface area contributed by atoms with Crippen LogP contribution in [0.1, 0.15) is 50.1 Å². The van der Waals surface area contributed by atoms with Gasteiger partial charge in [-0.05, 0) is 93.0 Å². The zero-order valence-electron chi connectivity index (χ0n) is 18.1. The van der Waals surface area contributed by atoms with Gasteiger partial charge in [-0.2, -0.15) is 0 Å². The quantitative estimate of drug-likeness (QED) is 0.378. The lowest BCUT2D eigenvalue weighted by Gasteiger charge is -2.20. The third-order valence-corrected chi connectivity index (χ3v) is 5.19. The minimum absolute atomic E-state index is 0.110. The van der Waals surface area contributed by atoms with Crippen LogP contribution in [0.15, 0.2) is 60.4 Å². The zero-order valence-corrected chi connectivity index (χ0v) is 18.1. The molecule has 1 heteroatoms. The predicted octanol–water partition coefficient (Wildman–Crippen LogP) is 6.91. The molecule has 3 rings (SSSR count). The molecule has 0 spiro atoms. The predicted molar refractivity (Wildman–Crippen MR) is 123 cm³/mol. The van der Waals surface area contributed by atoms with Crippen molar-refractivity contribution >= 4 is 5.57 Å². The highest BCUT2D eigenvalue weighted by Gasteiger charge is 2.19. The molecule has 0 saturated carbocycles. The largest absolute Gasteiger partial charge is 0.500 e. The molecular weight excluding hydrogens is 352 g/mol. The molecular formula is C28H28O. The number of benzene rings is 3. The number of allylic oxidation sites excluding steroid dienone is 1. The van der Waals surface area contributed by atoms with Gasteiger partial charge >= 0.3 is 0 Å². The van der Waals surface area contributed by atoms with Gasteiger partial charge in [-0.3, -0.25) is 0 Å². The first-order valence-electron chi connectivity index (χ1n) is 9.94. The summed E-state index contributed by atoms with van der Waals surface area (Å²) < 4.78 is 0. The normalized spacial score (nSPS) is 10.3. The van der Waals surface area contributed by atoms with Crippen molar-refractivity contribution in [3.05, 3.63) is 110 Å². The fourth-order valence-corrected chi connectivity index (χ4v) is 4.23. The molecule has 0 amide bonds. The van der Waals surface area contributed by atoms with Gasteiger partial charge in [0.2, 0.25) is 0 Å². The Morgan fingerprint density at radius 2 is 1.07 bits per heavy atom. The van der Waals surface area contributed by atoms with Gasteiger partial charge in [0.25, 0.3) is 0 Å². The summed E-state index contributed by atoms with van der Waals surface area (Å²) >= 11 is 0. The highest BCUT2D eigenvalue weighted by molar-refractivity contribution is 5.88. The second-order valence-corrected chi connectivity index (χ2v) is 7.89. The van der Waals surface area contributed by atoms with E-state index in [1.54, 1.807) is 0 Å². The van der Waals surface area contributed by atoms with E-state index in [9.17, 15) is 5.11 Å². The van der Waals surface area contributed by atoms with Gasteiger partial charge in [-0.1, -0.05) is 59.5 Å². The maximum absolute atomic E-state index is 11.2. The Hall–Kier alpha value is -3.24. The molecule has 0 aliphatic heterocycles. The third kappa shape index (κ3) is 4.44. The second kappa shape index (κ2) is 8.41. The summed E-state index contributed by atoms with van der Waals surface area (Å²) in [7, 11) is 0. The van der Waals surface area contributed by atoms with Crippen LogP contribution in [0.5, 0.6) is 0 Å². The first-order valence-corrected chi connectivity index (χ1v) is 9.94. The van der Waals surface area contributed by atoms with Crippen LogP contribution >= 0.6 is 0 Å². The van der Waals surface area contributed by atoms with Crippen LogP contribution in [-0.4, -0.2) is 5.11 Å². The Morgan fingerprint density at radius 3 is 1.48 bits per heavy atom. The van der Waals surface area contributed by atoms with Crippen LogP contribution in [-0.2, 0) is 0 Å². The molecule has 3 aromatic rings. The van der Waals surface area contributed by atoms with Gasteiger partial charge < -0.3 is 5.11 Å². The van der Waals surface area contributed by atoms with E-state index in [0.29, 0.717) is 0 Å². The molecule has 0 aromatic heterocycles. The summed E-state index contributed by atoms with van der Waals surface area (Å²) in [5.74, 6) is 6.24. The van der Waals surface area contributed by atoms with E-state index < -0.39 is 0 Å². The minimum Gasteiger partial charge on any atom is -0.500 e. The monoisotopic (exact) mass is 380 g/mol. The summed E-state index contributed by atoms with van der Waals surface area (Å²) in [5, 5.41) is 11.2. The number of hydrogen-bond acceptors (Lipinski definition) is 1. The van der Waals surface area contributed by atoms with Crippen LogP contribution in [0, 0.1) is 53.4 Å². The maximum atomic E-state index is 11.2. The van der Waals surface area contributed by atoms with E-state index in [2.05, 4.69) is 77.6 Å². The fraction of sp³-hybridized carbons (Fsp3) is 0.214. The minimum atomic E-state index is 0.110. The first-order chi connectivity index (χ1) is 13.8. The third-order valence-electron chi connectivity index (χ3n) is 5.19. The van der Waals surface area contributed by atoms with Crippen molar-refractivity contribution in [3.8, 4) is 11.8 Å². The molecule has 146 valence electrons. The zero-order chi connectivity index (χ0) is 21.1. The van der Waals surface area contributed by atoms with E-state index >= 15 is 0 Å². The SMILES string of the molecule is Cc1cc(C)c(C(=C(O)C#Cc2ccccc2)c2c(C)cc(C)cc2C)c(C)c1. The van der Waals surface area contributed by atoms with Gasteiger partial charge in [0.05, 0.1) is 0 Å². The van der Waals surface area contributed by atoms with Crippen LogP contribution < -0.4 is 0 Å². The van der Waals surface area contributed by atoms with Crippen molar-refractivity contribution in [2.24, 2.45) is 0 Å². The van der Waals surface area contributed by atoms with Gasteiger partial charge in [-0.25, -0.2) is 0 Å². The molecule has 1 N–H and O–H groups in total. The fourth-order valence-electron chi connectivity index (χ4n) is 4.23. The smallest absolute Gasteiger partial charge is 0.176 e. The van der Waals surface area contributed by atoms with Gasteiger partial charge in [0.15, 0.2) is 5.76 Å². The number of aliphatic hydroxyl groups excluding tert-OH is 1. The maximum Gasteiger partial charge on any atom is 0.176 e. The molecule has 1 nitrogen and oxygen atoms in total. The summed E-state index contributed by atoms with van der Waals surface area (Å²) in [6.45, 7) is 12.6. The van der Waals surface area contributed by atoms with Crippen LogP contribution in [0.25, 0.3) is 5.57 Å². The summed E-state index contributed by atoms with van der Waals surface area (Å²) in [5.41, 5.74) is 10.8. The van der Waals surface area contributed by atoms with Crippen LogP contribution in [0.4, 0.5) is 0 Å². The molecule has 0 saturated heterocycles. The van der Waals surface area contributed by atoms with Crippen LogP contribution in [0.2, 0.25) is 0 Å². The Labute approximate surface area is 174 Å². The Balaban J connectivity index is 2.34.